The van der Waals surface area contributed by atoms with Crippen molar-refractivity contribution in [3.05, 3.63) is 29.6 Å². The Labute approximate surface area is 81.6 Å². The third-order valence-corrected chi connectivity index (χ3v) is 2.01. The van der Waals surface area contributed by atoms with Crippen LogP contribution in [0.15, 0.2) is 18.2 Å². The molecule has 1 aromatic rings. The molecule has 0 saturated heterocycles. The summed E-state index contributed by atoms with van der Waals surface area (Å²) in [5.41, 5.74) is 0.587. The third-order valence-electron chi connectivity index (χ3n) is 2.01. The van der Waals surface area contributed by atoms with Crippen LogP contribution in [-0.4, -0.2) is 16.9 Å². The number of aromatic nitrogens is 1. The number of nitrogens with one attached hydrogen (secondary N) is 1. The summed E-state index contributed by atoms with van der Waals surface area (Å²) in [5, 5.41) is 11.4. The molecule has 0 radical (unpaired) electrons. The summed E-state index contributed by atoms with van der Waals surface area (Å²) in [6, 6.07) is 7.06. The van der Waals surface area contributed by atoms with Crippen LogP contribution in [0.4, 0.5) is 0 Å². The first-order valence-corrected chi connectivity index (χ1v) is 4.47. The lowest BCUT2D eigenvalue weighted by molar-refractivity contribution is 0.0946. The minimum Gasteiger partial charge on any atom is -0.348 e. The maximum absolute atomic E-state index is 11.5. The average Bonchev–Trinajstić information content (AvgIpc) is 3.02. The van der Waals surface area contributed by atoms with Gasteiger partial charge in [0.25, 0.3) is 5.91 Å². The zero-order valence-electron chi connectivity index (χ0n) is 7.53. The van der Waals surface area contributed by atoms with Crippen LogP contribution < -0.4 is 5.32 Å². The molecular formula is C10H9N3O. The van der Waals surface area contributed by atoms with E-state index in [2.05, 4.69) is 10.3 Å². The Morgan fingerprint density at radius 1 is 1.57 bits per heavy atom. The number of nitrogens with zero attached hydrogens (tertiary/aromatic N) is 2. The van der Waals surface area contributed by atoms with E-state index >= 15 is 0 Å². The summed E-state index contributed by atoms with van der Waals surface area (Å²) >= 11 is 0. The Bertz CT molecular complexity index is 404. The molecule has 1 aromatic heterocycles. The zero-order valence-corrected chi connectivity index (χ0v) is 7.53. The molecule has 2 rings (SSSR count). The molecule has 1 heterocycles. The molecular weight excluding hydrogens is 178 g/mol. The van der Waals surface area contributed by atoms with Crippen LogP contribution in [0.3, 0.4) is 0 Å². The third kappa shape index (κ3) is 1.88. The molecule has 1 fully saturated rings. The highest BCUT2D eigenvalue weighted by Crippen LogP contribution is 2.19. The summed E-state index contributed by atoms with van der Waals surface area (Å²) in [4.78, 5) is 15.4. The van der Waals surface area contributed by atoms with Gasteiger partial charge in [0.2, 0.25) is 0 Å². The minimum atomic E-state index is -0.190. The van der Waals surface area contributed by atoms with Crippen molar-refractivity contribution in [2.75, 3.05) is 0 Å². The topological polar surface area (TPSA) is 65.8 Å². The number of carbonyl (C=O) groups excluding carboxylic acids is 1. The predicted octanol–water partition coefficient (Wildman–Crippen LogP) is 0.845. The molecule has 1 N–H and O–H groups in total. The summed E-state index contributed by atoms with van der Waals surface area (Å²) < 4.78 is 0. The SMILES string of the molecule is N#Cc1cccc(C(=O)NC2CC2)n1. The molecule has 0 atom stereocenters. The molecule has 0 spiro atoms. The van der Waals surface area contributed by atoms with Crippen molar-refractivity contribution in [1.82, 2.24) is 10.3 Å². The fraction of sp³-hybridized carbons (Fsp3) is 0.300. The van der Waals surface area contributed by atoms with Crippen molar-refractivity contribution >= 4 is 5.91 Å². The maximum atomic E-state index is 11.5. The number of amides is 1. The molecule has 0 aliphatic heterocycles. The number of carbonyl (C=O) groups is 1. The Kier molecular flexibility index (Phi) is 2.15. The van der Waals surface area contributed by atoms with Crippen molar-refractivity contribution in [2.24, 2.45) is 0 Å². The van der Waals surface area contributed by atoms with Gasteiger partial charge in [0.1, 0.15) is 17.5 Å². The van der Waals surface area contributed by atoms with E-state index in [0.29, 0.717) is 11.7 Å². The van der Waals surface area contributed by atoms with E-state index < -0.39 is 0 Å². The first kappa shape index (κ1) is 8.70. The average molecular weight is 187 g/mol. The van der Waals surface area contributed by atoms with Gasteiger partial charge in [-0.3, -0.25) is 4.79 Å². The van der Waals surface area contributed by atoms with Crippen LogP contribution >= 0.6 is 0 Å². The Morgan fingerprint density at radius 3 is 3.00 bits per heavy atom. The second-order valence-electron chi connectivity index (χ2n) is 3.27. The van der Waals surface area contributed by atoms with Crippen molar-refractivity contribution in [2.45, 2.75) is 18.9 Å². The number of pyridine rings is 1. The standard InChI is InChI=1S/C10H9N3O/c11-6-8-2-1-3-9(12-8)10(14)13-7-4-5-7/h1-3,7H,4-5H2,(H,13,14). The first-order valence-electron chi connectivity index (χ1n) is 4.47. The number of nitriles is 1. The molecule has 70 valence electrons. The van der Waals surface area contributed by atoms with Crippen LogP contribution in [0.25, 0.3) is 0 Å². The van der Waals surface area contributed by atoms with Gasteiger partial charge < -0.3 is 5.32 Å². The van der Waals surface area contributed by atoms with Gasteiger partial charge in [0.05, 0.1) is 0 Å². The maximum Gasteiger partial charge on any atom is 0.270 e. The summed E-state index contributed by atoms with van der Waals surface area (Å²) in [6.07, 6.45) is 2.09. The highest BCUT2D eigenvalue weighted by atomic mass is 16.2. The van der Waals surface area contributed by atoms with E-state index in [-0.39, 0.29) is 11.6 Å². The van der Waals surface area contributed by atoms with Crippen molar-refractivity contribution in [3.8, 4) is 6.07 Å². The number of rotatable bonds is 2. The van der Waals surface area contributed by atoms with Crippen molar-refractivity contribution in [1.29, 1.82) is 5.26 Å². The molecule has 4 heteroatoms. The van der Waals surface area contributed by atoms with Gasteiger partial charge in [-0.2, -0.15) is 5.26 Å². The molecule has 14 heavy (non-hydrogen) atoms. The molecule has 1 aliphatic carbocycles. The summed E-state index contributed by atoms with van der Waals surface area (Å²) in [7, 11) is 0. The van der Waals surface area contributed by atoms with Gasteiger partial charge in [-0.1, -0.05) is 6.07 Å². The van der Waals surface area contributed by atoms with Gasteiger partial charge >= 0.3 is 0 Å². The molecule has 4 nitrogen and oxygen atoms in total. The smallest absolute Gasteiger partial charge is 0.270 e. The highest BCUT2D eigenvalue weighted by Gasteiger charge is 2.24. The number of hydrogen-bond acceptors (Lipinski definition) is 3. The zero-order chi connectivity index (χ0) is 9.97. The van der Waals surface area contributed by atoms with Crippen molar-refractivity contribution in [3.63, 3.8) is 0 Å². The number of hydrogen-bond donors (Lipinski definition) is 1. The molecule has 0 bridgehead atoms. The Morgan fingerprint density at radius 2 is 2.36 bits per heavy atom. The lowest BCUT2D eigenvalue weighted by Gasteiger charge is -2.01. The van der Waals surface area contributed by atoms with Gasteiger partial charge in [0.15, 0.2) is 0 Å². The summed E-state index contributed by atoms with van der Waals surface area (Å²) in [5.74, 6) is -0.190. The van der Waals surface area contributed by atoms with E-state index in [1.165, 1.54) is 0 Å². The van der Waals surface area contributed by atoms with Gasteiger partial charge in [-0.25, -0.2) is 4.98 Å². The fourth-order valence-electron chi connectivity index (χ4n) is 1.11. The predicted molar refractivity (Wildman–Crippen MR) is 49.4 cm³/mol. The second-order valence-corrected chi connectivity index (χ2v) is 3.27. The molecule has 1 aliphatic rings. The quantitative estimate of drug-likeness (QED) is 0.746. The molecule has 1 saturated carbocycles. The molecule has 0 aromatic carbocycles. The lowest BCUT2D eigenvalue weighted by Crippen LogP contribution is -2.26. The summed E-state index contributed by atoms with van der Waals surface area (Å²) in [6.45, 7) is 0. The van der Waals surface area contributed by atoms with E-state index in [4.69, 9.17) is 5.26 Å². The largest absolute Gasteiger partial charge is 0.348 e. The normalized spacial score (nSPS) is 14.5. The second kappa shape index (κ2) is 3.46. The fourth-order valence-corrected chi connectivity index (χ4v) is 1.11. The Balaban J connectivity index is 2.14. The highest BCUT2D eigenvalue weighted by molar-refractivity contribution is 5.92. The Hall–Kier alpha value is -1.89. The first-order chi connectivity index (χ1) is 6.79. The van der Waals surface area contributed by atoms with E-state index in [1.807, 2.05) is 6.07 Å². The van der Waals surface area contributed by atoms with Crippen LogP contribution in [0.1, 0.15) is 29.0 Å². The van der Waals surface area contributed by atoms with E-state index in [1.54, 1.807) is 18.2 Å². The van der Waals surface area contributed by atoms with Crippen molar-refractivity contribution < 1.29 is 4.79 Å². The van der Waals surface area contributed by atoms with Gasteiger partial charge in [0, 0.05) is 6.04 Å². The van der Waals surface area contributed by atoms with E-state index in [9.17, 15) is 4.79 Å². The minimum absolute atomic E-state index is 0.190. The molecule has 1 amide bonds. The van der Waals surface area contributed by atoms with Crippen LogP contribution in [-0.2, 0) is 0 Å². The monoisotopic (exact) mass is 187 g/mol. The van der Waals surface area contributed by atoms with Gasteiger partial charge in [-0.15, -0.1) is 0 Å². The van der Waals surface area contributed by atoms with Crippen LogP contribution in [0.2, 0.25) is 0 Å². The lowest BCUT2D eigenvalue weighted by atomic mass is 10.3. The van der Waals surface area contributed by atoms with Crippen LogP contribution in [0, 0.1) is 11.3 Å². The van der Waals surface area contributed by atoms with Gasteiger partial charge in [-0.05, 0) is 25.0 Å². The van der Waals surface area contributed by atoms with Crippen LogP contribution in [0.5, 0.6) is 0 Å². The molecule has 0 unspecified atom stereocenters. The van der Waals surface area contributed by atoms with E-state index in [0.717, 1.165) is 12.8 Å².